The summed E-state index contributed by atoms with van der Waals surface area (Å²) in [6.07, 6.45) is 2.45. The number of hydrogen-bond acceptors (Lipinski definition) is 5. The Kier molecular flexibility index (Phi) is 4.02. The van der Waals surface area contributed by atoms with Gasteiger partial charge in [0.15, 0.2) is 0 Å². The van der Waals surface area contributed by atoms with Crippen LogP contribution in [0.25, 0.3) is 0 Å². The average Bonchev–Trinajstić information content (AvgIpc) is 2.77. The van der Waals surface area contributed by atoms with Gasteiger partial charge in [-0.05, 0) is 31.8 Å². The van der Waals surface area contributed by atoms with Crippen molar-refractivity contribution in [2.24, 2.45) is 11.7 Å². The molecule has 0 amide bonds. The predicted molar refractivity (Wildman–Crippen MR) is 70.1 cm³/mol. The van der Waals surface area contributed by atoms with Gasteiger partial charge in [0.1, 0.15) is 0 Å². The first-order chi connectivity index (χ1) is 8.49. The van der Waals surface area contributed by atoms with Gasteiger partial charge in [0, 0.05) is 12.0 Å². The lowest BCUT2D eigenvalue weighted by atomic mass is 9.97. The fourth-order valence-corrected chi connectivity index (χ4v) is 2.30. The van der Waals surface area contributed by atoms with Crippen LogP contribution in [0.2, 0.25) is 0 Å². The Bertz CT molecular complexity index is 383. The molecule has 1 saturated heterocycles. The van der Waals surface area contributed by atoms with E-state index in [-0.39, 0.29) is 5.41 Å². The molecule has 0 radical (unpaired) electrons. The number of nitrogens with zero attached hydrogens (tertiary/aromatic N) is 3. The first-order valence-corrected chi connectivity index (χ1v) is 6.74. The van der Waals surface area contributed by atoms with Gasteiger partial charge in [-0.25, -0.2) is 0 Å². The van der Waals surface area contributed by atoms with Gasteiger partial charge in [0.2, 0.25) is 11.8 Å². The van der Waals surface area contributed by atoms with Gasteiger partial charge in [0.05, 0.1) is 6.54 Å². The van der Waals surface area contributed by atoms with Crippen molar-refractivity contribution in [2.75, 3.05) is 19.6 Å². The molecule has 0 aliphatic carbocycles. The summed E-state index contributed by atoms with van der Waals surface area (Å²) in [5.74, 6) is 2.05. The van der Waals surface area contributed by atoms with E-state index in [4.69, 9.17) is 10.2 Å². The fraction of sp³-hybridized carbons (Fsp3) is 0.846. The highest BCUT2D eigenvalue weighted by atomic mass is 16.4. The topological polar surface area (TPSA) is 68.2 Å². The van der Waals surface area contributed by atoms with Gasteiger partial charge in [-0.3, -0.25) is 4.90 Å². The molecule has 18 heavy (non-hydrogen) atoms. The standard InChI is InChI=1S/C13H24N4O/c1-13(2,3)12-16-15-11(18-12)9-17-6-4-5-10(7-14)8-17/h10H,4-9,14H2,1-3H3. The minimum atomic E-state index is -0.0764. The van der Waals surface area contributed by atoms with E-state index in [1.807, 2.05) is 0 Å². The molecule has 1 atom stereocenters. The summed E-state index contributed by atoms with van der Waals surface area (Å²) in [4.78, 5) is 2.36. The van der Waals surface area contributed by atoms with Crippen molar-refractivity contribution < 1.29 is 4.42 Å². The third-order valence-electron chi connectivity index (χ3n) is 3.40. The molecular weight excluding hydrogens is 228 g/mol. The van der Waals surface area contributed by atoms with E-state index in [2.05, 4.69) is 35.9 Å². The van der Waals surface area contributed by atoms with Crippen molar-refractivity contribution in [3.63, 3.8) is 0 Å². The highest BCUT2D eigenvalue weighted by molar-refractivity contribution is 4.96. The molecule has 0 bridgehead atoms. The lowest BCUT2D eigenvalue weighted by Gasteiger charge is -2.30. The van der Waals surface area contributed by atoms with Crippen LogP contribution in [0.1, 0.15) is 45.4 Å². The van der Waals surface area contributed by atoms with E-state index in [0.29, 0.717) is 11.8 Å². The molecule has 2 heterocycles. The molecular formula is C13H24N4O. The van der Waals surface area contributed by atoms with Gasteiger partial charge >= 0.3 is 0 Å². The quantitative estimate of drug-likeness (QED) is 0.883. The zero-order valence-electron chi connectivity index (χ0n) is 11.6. The van der Waals surface area contributed by atoms with Crippen molar-refractivity contribution >= 4 is 0 Å². The minimum Gasteiger partial charge on any atom is -0.423 e. The number of aromatic nitrogens is 2. The monoisotopic (exact) mass is 252 g/mol. The molecule has 2 rings (SSSR count). The van der Waals surface area contributed by atoms with E-state index in [1.165, 1.54) is 12.8 Å². The summed E-state index contributed by atoms with van der Waals surface area (Å²) < 4.78 is 5.72. The molecule has 1 aliphatic heterocycles. The lowest BCUT2D eigenvalue weighted by Crippen LogP contribution is -2.37. The Hall–Kier alpha value is -0.940. The number of nitrogens with two attached hydrogens (primary N) is 1. The zero-order chi connectivity index (χ0) is 13.2. The van der Waals surface area contributed by atoms with Crippen LogP contribution in [0.3, 0.4) is 0 Å². The van der Waals surface area contributed by atoms with Crippen LogP contribution < -0.4 is 5.73 Å². The molecule has 0 spiro atoms. The Labute approximate surface area is 109 Å². The van der Waals surface area contributed by atoms with Crippen LogP contribution in [-0.2, 0) is 12.0 Å². The molecule has 0 aromatic carbocycles. The maximum absolute atomic E-state index is 5.74. The Morgan fingerprint density at radius 3 is 2.78 bits per heavy atom. The maximum atomic E-state index is 5.74. The van der Waals surface area contributed by atoms with E-state index >= 15 is 0 Å². The Morgan fingerprint density at radius 1 is 1.39 bits per heavy atom. The third-order valence-corrected chi connectivity index (χ3v) is 3.40. The Morgan fingerprint density at radius 2 is 2.17 bits per heavy atom. The highest BCUT2D eigenvalue weighted by Gasteiger charge is 2.24. The third kappa shape index (κ3) is 3.29. The van der Waals surface area contributed by atoms with E-state index in [0.717, 1.165) is 32.1 Å². The first-order valence-electron chi connectivity index (χ1n) is 6.74. The summed E-state index contributed by atoms with van der Waals surface area (Å²) in [7, 11) is 0. The second kappa shape index (κ2) is 5.36. The first kappa shape index (κ1) is 13.5. The SMILES string of the molecule is CC(C)(C)c1nnc(CN2CCCC(CN)C2)o1. The van der Waals surface area contributed by atoms with E-state index < -0.39 is 0 Å². The van der Waals surface area contributed by atoms with Crippen LogP contribution in [-0.4, -0.2) is 34.7 Å². The van der Waals surface area contributed by atoms with Crippen molar-refractivity contribution in [3.05, 3.63) is 11.8 Å². The summed E-state index contributed by atoms with van der Waals surface area (Å²) >= 11 is 0. The molecule has 1 aromatic rings. The van der Waals surface area contributed by atoms with E-state index in [9.17, 15) is 0 Å². The van der Waals surface area contributed by atoms with E-state index in [1.54, 1.807) is 0 Å². The average molecular weight is 252 g/mol. The molecule has 1 unspecified atom stereocenters. The summed E-state index contributed by atoms with van der Waals surface area (Å²) in [5.41, 5.74) is 5.67. The summed E-state index contributed by atoms with van der Waals surface area (Å²) in [6.45, 7) is 9.90. The van der Waals surface area contributed by atoms with Crippen LogP contribution in [0.4, 0.5) is 0 Å². The molecule has 1 aliphatic rings. The normalized spacial score (nSPS) is 22.3. The number of likely N-dealkylation sites (tertiary alicyclic amines) is 1. The van der Waals surface area contributed by atoms with Crippen molar-refractivity contribution in [3.8, 4) is 0 Å². The van der Waals surface area contributed by atoms with Crippen molar-refractivity contribution in [1.82, 2.24) is 15.1 Å². The van der Waals surface area contributed by atoms with Gasteiger partial charge in [-0.1, -0.05) is 20.8 Å². The second-order valence-corrected chi connectivity index (χ2v) is 6.23. The summed E-state index contributed by atoms with van der Waals surface area (Å²) in [5, 5.41) is 8.26. The smallest absolute Gasteiger partial charge is 0.230 e. The van der Waals surface area contributed by atoms with Crippen LogP contribution >= 0.6 is 0 Å². The van der Waals surface area contributed by atoms with Crippen LogP contribution in [0.15, 0.2) is 4.42 Å². The van der Waals surface area contributed by atoms with Gasteiger partial charge in [-0.2, -0.15) is 0 Å². The van der Waals surface area contributed by atoms with Crippen molar-refractivity contribution in [2.45, 2.75) is 45.6 Å². The van der Waals surface area contributed by atoms with Gasteiger partial charge in [0.25, 0.3) is 0 Å². The van der Waals surface area contributed by atoms with Crippen LogP contribution in [0, 0.1) is 5.92 Å². The molecule has 102 valence electrons. The molecule has 5 nitrogen and oxygen atoms in total. The maximum Gasteiger partial charge on any atom is 0.230 e. The number of rotatable bonds is 3. The Balaban J connectivity index is 1.95. The minimum absolute atomic E-state index is 0.0764. The molecule has 1 aromatic heterocycles. The molecule has 1 fully saturated rings. The van der Waals surface area contributed by atoms with Gasteiger partial charge < -0.3 is 10.2 Å². The van der Waals surface area contributed by atoms with Crippen molar-refractivity contribution in [1.29, 1.82) is 0 Å². The lowest BCUT2D eigenvalue weighted by molar-refractivity contribution is 0.156. The highest BCUT2D eigenvalue weighted by Crippen LogP contribution is 2.22. The fourth-order valence-electron chi connectivity index (χ4n) is 2.30. The number of hydrogen-bond donors (Lipinski definition) is 1. The largest absolute Gasteiger partial charge is 0.423 e. The number of piperidine rings is 1. The predicted octanol–water partition coefficient (Wildman–Crippen LogP) is 1.54. The molecule has 0 saturated carbocycles. The molecule has 5 heteroatoms. The second-order valence-electron chi connectivity index (χ2n) is 6.23. The van der Waals surface area contributed by atoms with Gasteiger partial charge in [-0.15, -0.1) is 10.2 Å². The zero-order valence-corrected chi connectivity index (χ0v) is 11.6. The molecule has 2 N–H and O–H groups in total. The summed E-state index contributed by atoms with van der Waals surface area (Å²) in [6, 6.07) is 0. The van der Waals surface area contributed by atoms with Crippen LogP contribution in [0.5, 0.6) is 0 Å².